The van der Waals surface area contributed by atoms with E-state index in [2.05, 4.69) is 6.92 Å². The molecule has 6 nitrogen and oxygen atoms in total. The summed E-state index contributed by atoms with van der Waals surface area (Å²) < 4.78 is 5.34. The van der Waals surface area contributed by atoms with E-state index < -0.39 is 18.2 Å². The Bertz CT molecular complexity index is 878. The minimum absolute atomic E-state index is 0.123. The monoisotopic (exact) mass is 399 g/mol. The zero-order valence-electron chi connectivity index (χ0n) is 16.9. The van der Waals surface area contributed by atoms with Crippen molar-refractivity contribution in [2.45, 2.75) is 64.1 Å². The molecular formula is C23H29NO5. The second kappa shape index (κ2) is 7.26. The van der Waals surface area contributed by atoms with Crippen molar-refractivity contribution < 1.29 is 24.5 Å². The SMILES string of the molecule is CC(=O)/C(N)=C/C(=O)Oc1ccc2c(c1)CC[C@@H]1[C@@H]2CC[C@]2(C)[C@@H](O)[C@H](O)C[C@@H]12. The van der Waals surface area contributed by atoms with Gasteiger partial charge in [0.1, 0.15) is 5.75 Å². The molecule has 0 amide bonds. The third kappa shape index (κ3) is 3.38. The fourth-order valence-electron chi connectivity index (χ4n) is 5.98. The summed E-state index contributed by atoms with van der Waals surface area (Å²) in [6.45, 7) is 3.43. The largest absolute Gasteiger partial charge is 0.423 e. The van der Waals surface area contributed by atoms with Crippen LogP contribution in [-0.2, 0) is 16.0 Å². The van der Waals surface area contributed by atoms with Gasteiger partial charge in [0.15, 0.2) is 5.78 Å². The number of hydrogen-bond acceptors (Lipinski definition) is 6. The molecular weight excluding hydrogens is 370 g/mol. The van der Waals surface area contributed by atoms with Crippen LogP contribution in [0.2, 0.25) is 0 Å². The number of aliphatic hydroxyl groups excluding tert-OH is 2. The highest BCUT2D eigenvalue weighted by atomic mass is 16.5. The Morgan fingerprint density at radius 1 is 1.28 bits per heavy atom. The van der Waals surface area contributed by atoms with Crippen molar-refractivity contribution in [1.29, 1.82) is 0 Å². The van der Waals surface area contributed by atoms with Gasteiger partial charge in [-0.25, -0.2) is 4.79 Å². The van der Waals surface area contributed by atoms with Crippen molar-refractivity contribution in [2.24, 2.45) is 23.0 Å². The molecule has 1 aromatic carbocycles. The van der Waals surface area contributed by atoms with Gasteiger partial charge < -0.3 is 20.7 Å². The van der Waals surface area contributed by atoms with Crippen molar-refractivity contribution in [1.82, 2.24) is 0 Å². The van der Waals surface area contributed by atoms with Crippen LogP contribution in [0.1, 0.15) is 56.6 Å². The number of benzene rings is 1. The molecule has 3 aliphatic rings. The molecule has 6 heteroatoms. The summed E-state index contributed by atoms with van der Waals surface area (Å²) in [5.41, 5.74) is 7.65. The molecule has 0 aromatic heterocycles. The van der Waals surface area contributed by atoms with Crippen LogP contribution in [0.15, 0.2) is 30.0 Å². The highest BCUT2D eigenvalue weighted by molar-refractivity contribution is 5.98. The Hall–Kier alpha value is -2.18. The summed E-state index contributed by atoms with van der Waals surface area (Å²) in [5.74, 6) is 0.620. The first-order chi connectivity index (χ1) is 13.7. The van der Waals surface area contributed by atoms with Crippen molar-refractivity contribution in [3.8, 4) is 5.75 Å². The molecule has 0 aliphatic heterocycles. The average Bonchev–Trinajstić information content (AvgIpc) is 2.91. The lowest BCUT2D eigenvalue weighted by Gasteiger charge is -2.49. The van der Waals surface area contributed by atoms with Crippen LogP contribution in [0.4, 0.5) is 0 Å². The van der Waals surface area contributed by atoms with E-state index in [1.165, 1.54) is 18.1 Å². The number of carbonyl (C=O) groups excluding carboxylic acids is 2. The number of esters is 1. The number of Topliss-reactive ketones (excluding diaryl/α,β-unsaturated/α-hetero) is 1. The van der Waals surface area contributed by atoms with Gasteiger partial charge in [-0.2, -0.15) is 0 Å². The summed E-state index contributed by atoms with van der Waals surface area (Å²) in [4.78, 5) is 23.1. The second-order valence-corrected chi connectivity index (χ2v) is 9.15. The molecule has 0 unspecified atom stereocenters. The van der Waals surface area contributed by atoms with Gasteiger partial charge >= 0.3 is 5.97 Å². The first-order valence-corrected chi connectivity index (χ1v) is 10.4. The average molecular weight is 399 g/mol. The number of nitrogens with two attached hydrogens (primary N) is 1. The van der Waals surface area contributed by atoms with Crippen LogP contribution in [0.5, 0.6) is 5.75 Å². The lowest BCUT2D eigenvalue weighted by atomic mass is 9.55. The molecule has 6 atom stereocenters. The zero-order chi connectivity index (χ0) is 20.9. The Balaban J connectivity index is 1.53. The fourth-order valence-corrected chi connectivity index (χ4v) is 5.98. The zero-order valence-corrected chi connectivity index (χ0v) is 16.9. The van der Waals surface area contributed by atoms with E-state index in [0.717, 1.165) is 31.8 Å². The van der Waals surface area contributed by atoms with Crippen LogP contribution in [-0.4, -0.2) is 34.2 Å². The Morgan fingerprint density at radius 2 is 2.03 bits per heavy atom. The number of aliphatic hydroxyl groups is 2. The number of allylic oxidation sites excluding steroid dienone is 1. The standard InChI is InChI=1S/C23H29NO5/c1-12(25)19(24)11-21(27)29-14-4-6-15-13(9-14)3-5-17-16(15)7-8-23(2)18(17)10-20(26)22(23)28/h4,6,9,11,16-18,20,22,26,28H,3,5,7-8,10,24H2,1-2H3/b19-11-/t16-,17-,18+,20-,22+,23+/m1/s1. The third-order valence-corrected chi connectivity index (χ3v) is 7.57. The van der Waals surface area contributed by atoms with Crippen LogP contribution in [0, 0.1) is 17.3 Å². The summed E-state index contributed by atoms with van der Waals surface area (Å²) in [7, 11) is 0. The Labute approximate surface area is 170 Å². The molecule has 4 rings (SSSR count). The van der Waals surface area contributed by atoms with Crippen LogP contribution in [0.3, 0.4) is 0 Å². The van der Waals surface area contributed by atoms with Crippen molar-refractivity contribution in [2.75, 3.05) is 0 Å². The Kier molecular flexibility index (Phi) is 5.03. The van der Waals surface area contributed by atoms with Gasteiger partial charge in [-0.15, -0.1) is 0 Å². The van der Waals surface area contributed by atoms with E-state index >= 15 is 0 Å². The summed E-state index contributed by atoms with van der Waals surface area (Å²) >= 11 is 0. The van der Waals surface area contributed by atoms with Gasteiger partial charge in [0.25, 0.3) is 0 Å². The van der Waals surface area contributed by atoms with Gasteiger partial charge in [0, 0.05) is 6.92 Å². The van der Waals surface area contributed by atoms with E-state index in [0.29, 0.717) is 29.9 Å². The summed E-state index contributed by atoms with van der Waals surface area (Å²) in [6, 6.07) is 5.74. The molecule has 0 spiro atoms. The molecule has 2 fully saturated rings. The number of ether oxygens (including phenoxy) is 1. The van der Waals surface area contributed by atoms with Gasteiger partial charge in [0.05, 0.1) is 24.0 Å². The van der Waals surface area contributed by atoms with E-state index in [1.54, 1.807) is 6.07 Å². The van der Waals surface area contributed by atoms with Crippen LogP contribution >= 0.6 is 0 Å². The molecule has 0 radical (unpaired) electrons. The number of hydrogen-bond donors (Lipinski definition) is 3. The van der Waals surface area contributed by atoms with E-state index in [4.69, 9.17) is 10.5 Å². The maximum atomic E-state index is 12.0. The van der Waals surface area contributed by atoms with Crippen molar-refractivity contribution in [3.63, 3.8) is 0 Å². The smallest absolute Gasteiger partial charge is 0.338 e. The molecule has 1 aromatic rings. The molecule has 29 heavy (non-hydrogen) atoms. The van der Waals surface area contributed by atoms with Crippen LogP contribution < -0.4 is 10.5 Å². The summed E-state index contributed by atoms with van der Waals surface area (Å²) in [6.07, 6.45) is 4.21. The maximum Gasteiger partial charge on any atom is 0.338 e. The van der Waals surface area contributed by atoms with Gasteiger partial charge in [0.2, 0.25) is 0 Å². The minimum Gasteiger partial charge on any atom is -0.423 e. The van der Waals surface area contributed by atoms with Crippen molar-refractivity contribution >= 4 is 11.8 Å². The first-order valence-electron chi connectivity index (χ1n) is 10.4. The number of rotatable bonds is 3. The first kappa shape index (κ1) is 20.1. The topological polar surface area (TPSA) is 110 Å². The quantitative estimate of drug-likeness (QED) is 0.408. The lowest BCUT2D eigenvalue weighted by Crippen LogP contribution is -2.44. The lowest BCUT2D eigenvalue weighted by molar-refractivity contribution is -0.129. The number of carbonyl (C=O) groups is 2. The number of ketones is 1. The predicted molar refractivity (Wildman–Crippen MR) is 107 cm³/mol. The molecule has 0 heterocycles. The van der Waals surface area contributed by atoms with Gasteiger partial charge in [-0.1, -0.05) is 13.0 Å². The van der Waals surface area contributed by atoms with Gasteiger partial charge in [-0.05, 0) is 78.5 Å². The van der Waals surface area contributed by atoms with E-state index in [1.807, 2.05) is 12.1 Å². The molecule has 3 aliphatic carbocycles. The third-order valence-electron chi connectivity index (χ3n) is 7.57. The molecule has 0 bridgehead atoms. The fraction of sp³-hybridized carbons (Fsp3) is 0.565. The normalized spacial score (nSPS) is 36.0. The summed E-state index contributed by atoms with van der Waals surface area (Å²) in [5, 5.41) is 20.8. The molecule has 0 saturated heterocycles. The van der Waals surface area contributed by atoms with E-state index in [-0.39, 0.29) is 16.9 Å². The van der Waals surface area contributed by atoms with Crippen LogP contribution in [0.25, 0.3) is 0 Å². The maximum absolute atomic E-state index is 12.0. The molecule has 2 saturated carbocycles. The Morgan fingerprint density at radius 3 is 2.76 bits per heavy atom. The minimum atomic E-state index is -0.659. The molecule has 4 N–H and O–H groups in total. The number of aryl methyl sites for hydroxylation is 1. The number of fused-ring (bicyclic) bond motifs is 5. The van der Waals surface area contributed by atoms with E-state index in [9.17, 15) is 19.8 Å². The van der Waals surface area contributed by atoms with Crippen molar-refractivity contribution in [3.05, 3.63) is 41.1 Å². The predicted octanol–water partition coefficient (Wildman–Crippen LogP) is 2.21. The highest BCUT2D eigenvalue weighted by Crippen LogP contribution is 2.60. The van der Waals surface area contributed by atoms with Gasteiger partial charge in [-0.3, -0.25) is 4.79 Å². The second-order valence-electron chi connectivity index (χ2n) is 9.15. The highest BCUT2D eigenvalue weighted by Gasteiger charge is 2.57. The molecule has 156 valence electrons.